The minimum atomic E-state index is -4.62. The number of nitrogens with two attached hydrogens (primary N) is 1. The Kier molecular flexibility index (Phi) is 3.35. The molecule has 0 saturated heterocycles. The van der Waals surface area contributed by atoms with E-state index in [9.17, 15) is 18.0 Å². The first-order chi connectivity index (χ1) is 7.75. The number of hydrogen-bond acceptors (Lipinski definition) is 3. The second-order valence-corrected chi connectivity index (χ2v) is 3.07. The molecule has 0 aliphatic carbocycles. The molecule has 0 radical (unpaired) electrons. The molecule has 0 saturated carbocycles. The van der Waals surface area contributed by atoms with Crippen LogP contribution in [0.25, 0.3) is 0 Å². The summed E-state index contributed by atoms with van der Waals surface area (Å²) in [5, 5.41) is 10.3. The van der Waals surface area contributed by atoms with E-state index >= 15 is 0 Å². The molecule has 0 aliphatic rings. The van der Waals surface area contributed by atoms with E-state index in [0.29, 0.717) is 6.07 Å². The molecule has 17 heavy (non-hydrogen) atoms. The van der Waals surface area contributed by atoms with E-state index in [1.54, 1.807) is 0 Å². The Bertz CT molecular complexity index is 446. The van der Waals surface area contributed by atoms with Crippen LogP contribution in [-0.2, 0) is 6.18 Å². The molecule has 8 heteroatoms. The van der Waals surface area contributed by atoms with Crippen molar-refractivity contribution in [3.05, 3.63) is 17.7 Å². The van der Waals surface area contributed by atoms with Gasteiger partial charge in [0.25, 0.3) is 0 Å². The van der Waals surface area contributed by atoms with Crippen molar-refractivity contribution in [1.82, 2.24) is 0 Å². The van der Waals surface area contributed by atoms with Crippen molar-refractivity contribution < 1.29 is 27.8 Å². The number of halogens is 3. The molecule has 1 rings (SSSR count). The van der Waals surface area contributed by atoms with Crippen LogP contribution in [0.15, 0.2) is 12.1 Å². The zero-order valence-electron chi connectivity index (χ0n) is 8.63. The largest absolute Gasteiger partial charge is 0.496 e. The van der Waals surface area contributed by atoms with Gasteiger partial charge in [0, 0.05) is 6.07 Å². The van der Waals surface area contributed by atoms with Gasteiger partial charge in [-0.25, -0.2) is 4.79 Å². The Morgan fingerprint density at radius 1 is 1.47 bits per heavy atom. The number of benzene rings is 1. The van der Waals surface area contributed by atoms with Gasteiger partial charge in [-0.1, -0.05) is 0 Å². The van der Waals surface area contributed by atoms with Gasteiger partial charge in [0.1, 0.15) is 5.75 Å². The molecule has 0 fully saturated rings. The minimum Gasteiger partial charge on any atom is -0.496 e. The summed E-state index contributed by atoms with van der Waals surface area (Å²) in [5.41, 5.74) is 3.75. The van der Waals surface area contributed by atoms with Crippen LogP contribution in [-0.4, -0.2) is 18.3 Å². The lowest BCUT2D eigenvalue weighted by atomic mass is 10.1. The van der Waals surface area contributed by atoms with Gasteiger partial charge in [0.15, 0.2) is 0 Å². The summed E-state index contributed by atoms with van der Waals surface area (Å²) < 4.78 is 42.2. The van der Waals surface area contributed by atoms with Crippen LogP contribution in [0.5, 0.6) is 5.75 Å². The summed E-state index contributed by atoms with van der Waals surface area (Å²) in [6, 6.07) is 1.50. The van der Waals surface area contributed by atoms with Crippen molar-refractivity contribution in [2.45, 2.75) is 6.18 Å². The molecule has 0 aliphatic heterocycles. The van der Waals surface area contributed by atoms with Crippen LogP contribution in [0.1, 0.15) is 5.56 Å². The highest BCUT2D eigenvalue weighted by Gasteiger charge is 2.35. The highest BCUT2D eigenvalue weighted by Crippen LogP contribution is 2.40. The fourth-order valence-corrected chi connectivity index (χ4v) is 1.21. The second kappa shape index (κ2) is 4.40. The van der Waals surface area contributed by atoms with Crippen molar-refractivity contribution in [2.24, 2.45) is 0 Å². The van der Waals surface area contributed by atoms with E-state index in [4.69, 9.17) is 10.8 Å². The van der Waals surface area contributed by atoms with Crippen molar-refractivity contribution in [2.75, 3.05) is 18.2 Å². The maximum absolute atomic E-state index is 12.5. The maximum atomic E-state index is 12.5. The molecule has 0 aromatic heterocycles. The van der Waals surface area contributed by atoms with Gasteiger partial charge in [-0.2, -0.15) is 13.2 Å². The Balaban J connectivity index is 3.29. The molecule has 1 amide bonds. The third-order valence-corrected chi connectivity index (χ3v) is 1.92. The minimum absolute atomic E-state index is 0.164. The number of nitrogens with one attached hydrogen (secondary N) is 1. The van der Waals surface area contributed by atoms with Crippen LogP contribution < -0.4 is 15.8 Å². The standard InChI is InChI=1S/C9H9F3N2O3/c1-17-7-3-6(14-8(15)16)5(13)2-4(7)9(10,11)12/h2-3,14H,13H2,1H3,(H,15,16). The molecular weight excluding hydrogens is 241 g/mol. The van der Waals surface area contributed by atoms with Gasteiger partial charge in [-0.3, -0.25) is 5.32 Å². The Morgan fingerprint density at radius 2 is 2.06 bits per heavy atom. The lowest BCUT2D eigenvalue weighted by molar-refractivity contribution is -0.138. The van der Waals surface area contributed by atoms with Crippen LogP contribution in [0.3, 0.4) is 0 Å². The third-order valence-electron chi connectivity index (χ3n) is 1.92. The molecular formula is C9H9F3N2O3. The molecule has 94 valence electrons. The average molecular weight is 250 g/mol. The Morgan fingerprint density at radius 3 is 2.47 bits per heavy atom. The van der Waals surface area contributed by atoms with E-state index in [1.165, 1.54) is 0 Å². The first kappa shape index (κ1) is 12.9. The topological polar surface area (TPSA) is 84.6 Å². The zero-order chi connectivity index (χ0) is 13.2. The van der Waals surface area contributed by atoms with Gasteiger partial charge in [-0.15, -0.1) is 0 Å². The summed E-state index contributed by atoms with van der Waals surface area (Å²) in [6.07, 6.45) is -6.06. The van der Waals surface area contributed by atoms with Crippen LogP contribution in [0.4, 0.5) is 29.3 Å². The van der Waals surface area contributed by atoms with Gasteiger partial charge in [0.05, 0.1) is 24.0 Å². The summed E-state index contributed by atoms with van der Waals surface area (Å²) in [6.45, 7) is 0. The molecule has 1 aromatic rings. The van der Waals surface area contributed by atoms with Crippen molar-refractivity contribution in [3.63, 3.8) is 0 Å². The molecule has 0 heterocycles. The molecule has 0 atom stereocenters. The van der Waals surface area contributed by atoms with Crippen LogP contribution in [0.2, 0.25) is 0 Å². The number of ether oxygens (including phenoxy) is 1. The summed E-state index contributed by atoms with van der Waals surface area (Å²) >= 11 is 0. The van der Waals surface area contributed by atoms with E-state index < -0.39 is 23.6 Å². The van der Waals surface area contributed by atoms with Crippen molar-refractivity contribution in [1.29, 1.82) is 0 Å². The Hall–Kier alpha value is -2.12. The predicted molar refractivity (Wildman–Crippen MR) is 54.1 cm³/mol. The van der Waals surface area contributed by atoms with Gasteiger partial charge in [-0.05, 0) is 6.07 Å². The summed E-state index contributed by atoms with van der Waals surface area (Å²) in [7, 11) is 1.05. The Labute approximate surface area is 94.0 Å². The van der Waals surface area contributed by atoms with Crippen molar-refractivity contribution >= 4 is 17.5 Å². The van der Waals surface area contributed by atoms with Crippen molar-refractivity contribution in [3.8, 4) is 5.75 Å². The van der Waals surface area contributed by atoms with E-state index in [-0.39, 0.29) is 11.4 Å². The highest BCUT2D eigenvalue weighted by molar-refractivity contribution is 5.88. The number of hydrogen-bond donors (Lipinski definition) is 3. The first-order valence-corrected chi connectivity index (χ1v) is 4.30. The van der Waals surface area contributed by atoms with E-state index in [2.05, 4.69) is 4.74 Å². The fourth-order valence-electron chi connectivity index (χ4n) is 1.21. The lowest BCUT2D eigenvalue weighted by Crippen LogP contribution is -2.13. The van der Waals surface area contributed by atoms with Gasteiger partial charge >= 0.3 is 12.3 Å². The van der Waals surface area contributed by atoms with E-state index in [1.807, 2.05) is 5.32 Å². The molecule has 0 bridgehead atoms. The zero-order valence-corrected chi connectivity index (χ0v) is 8.63. The molecule has 5 nitrogen and oxygen atoms in total. The number of methoxy groups -OCH3 is 1. The molecule has 0 unspecified atom stereocenters. The van der Waals surface area contributed by atoms with Gasteiger partial charge < -0.3 is 15.6 Å². The normalized spacial score (nSPS) is 11.1. The maximum Gasteiger partial charge on any atom is 0.420 e. The average Bonchev–Trinajstić information content (AvgIpc) is 2.18. The summed E-state index contributed by atoms with van der Waals surface area (Å²) in [5.74, 6) is -0.504. The third kappa shape index (κ3) is 2.92. The number of alkyl halides is 3. The lowest BCUT2D eigenvalue weighted by Gasteiger charge is -2.15. The van der Waals surface area contributed by atoms with Crippen LogP contribution in [0, 0.1) is 0 Å². The van der Waals surface area contributed by atoms with Crippen LogP contribution >= 0.6 is 0 Å². The quantitative estimate of drug-likeness (QED) is 0.703. The highest BCUT2D eigenvalue weighted by atomic mass is 19.4. The number of amides is 1. The summed E-state index contributed by atoms with van der Waals surface area (Å²) in [4.78, 5) is 10.4. The number of anilines is 2. The smallest absolute Gasteiger partial charge is 0.420 e. The second-order valence-electron chi connectivity index (χ2n) is 3.07. The SMILES string of the molecule is COc1cc(NC(=O)O)c(N)cc1C(F)(F)F. The number of rotatable bonds is 2. The molecule has 4 N–H and O–H groups in total. The fraction of sp³-hybridized carbons (Fsp3) is 0.222. The number of nitrogen functional groups attached to an aromatic ring is 1. The first-order valence-electron chi connectivity index (χ1n) is 4.30. The monoisotopic (exact) mass is 250 g/mol. The number of carboxylic acid groups (broad SMARTS) is 1. The molecule has 0 spiro atoms. The van der Waals surface area contributed by atoms with Gasteiger partial charge in [0.2, 0.25) is 0 Å². The number of carbonyl (C=O) groups is 1. The molecule has 1 aromatic carbocycles. The van der Waals surface area contributed by atoms with E-state index in [0.717, 1.165) is 13.2 Å². The predicted octanol–water partition coefficient (Wildman–Crippen LogP) is 2.39.